The molecule has 0 radical (unpaired) electrons. The molecule has 1 aromatic heterocycles. The minimum atomic E-state index is -0.310. The van der Waals surface area contributed by atoms with E-state index >= 15 is 0 Å². The van der Waals surface area contributed by atoms with Crippen molar-refractivity contribution in [3.8, 4) is 0 Å². The van der Waals surface area contributed by atoms with E-state index in [1.54, 1.807) is 0 Å². The molecule has 0 aliphatic carbocycles. The van der Waals surface area contributed by atoms with Gasteiger partial charge in [-0.2, -0.15) is 0 Å². The molecule has 1 saturated heterocycles. The molecule has 0 bridgehead atoms. The number of hydrogen-bond donors (Lipinski definition) is 1. The molecular formula is C11H17NO2. The lowest BCUT2D eigenvalue weighted by molar-refractivity contribution is -0.102. The number of rotatable bonds is 2. The van der Waals surface area contributed by atoms with E-state index < -0.39 is 0 Å². The van der Waals surface area contributed by atoms with Crippen LogP contribution in [0.1, 0.15) is 25.4 Å². The minimum absolute atomic E-state index is 0.138. The summed E-state index contributed by atoms with van der Waals surface area (Å²) in [6, 6.07) is 3.98. The lowest BCUT2D eigenvalue weighted by Gasteiger charge is -2.48. The van der Waals surface area contributed by atoms with Crippen LogP contribution in [0.2, 0.25) is 0 Å². The summed E-state index contributed by atoms with van der Waals surface area (Å²) in [7, 11) is 0. The minimum Gasteiger partial charge on any atom is -0.466 e. The Bertz CT molecular complexity index is 331. The summed E-state index contributed by atoms with van der Waals surface area (Å²) in [6.45, 7) is 7.30. The summed E-state index contributed by atoms with van der Waals surface area (Å²) in [5.74, 6) is 1.88. The maximum Gasteiger partial charge on any atom is 0.116 e. The molecule has 1 aliphatic heterocycles. The maximum absolute atomic E-state index is 6.18. The zero-order chi connectivity index (χ0) is 10.4. The molecule has 2 N–H and O–H groups in total. The Labute approximate surface area is 84.2 Å². The van der Waals surface area contributed by atoms with Crippen molar-refractivity contribution in [2.75, 3.05) is 13.2 Å². The first-order valence-electron chi connectivity index (χ1n) is 4.89. The van der Waals surface area contributed by atoms with Crippen molar-refractivity contribution in [3.63, 3.8) is 0 Å². The lowest BCUT2D eigenvalue weighted by atomic mass is 9.68. The summed E-state index contributed by atoms with van der Waals surface area (Å²) in [6.07, 6.45) is 0. The Kier molecular flexibility index (Phi) is 1.98. The van der Waals surface area contributed by atoms with Gasteiger partial charge < -0.3 is 14.9 Å². The van der Waals surface area contributed by atoms with E-state index in [1.807, 2.05) is 32.9 Å². The summed E-state index contributed by atoms with van der Waals surface area (Å²) in [4.78, 5) is 0. The number of nitrogens with two attached hydrogens (primary N) is 1. The summed E-state index contributed by atoms with van der Waals surface area (Å²) >= 11 is 0. The van der Waals surface area contributed by atoms with Crippen molar-refractivity contribution in [2.45, 2.75) is 31.7 Å². The van der Waals surface area contributed by atoms with Crippen LogP contribution in [0.3, 0.4) is 0 Å². The molecule has 78 valence electrons. The number of furan rings is 1. The topological polar surface area (TPSA) is 48.4 Å². The van der Waals surface area contributed by atoms with Crippen LogP contribution in [-0.4, -0.2) is 18.8 Å². The van der Waals surface area contributed by atoms with Gasteiger partial charge in [0.05, 0.1) is 18.6 Å². The zero-order valence-electron chi connectivity index (χ0n) is 8.96. The molecule has 2 heterocycles. The van der Waals surface area contributed by atoms with Crippen LogP contribution < -0.4 is 5.73 Å². The molecule has 0 spiro atoms. The third-order valence-electron chi connectivity index (χ3n) is 3.14. The van der Waals surface area contributed by atoms with Crippen molar-refractivity contribution in [1.82, 2.24) is 0 Å². The van der Waals surface area contributed by atoms with Crippen molar-refractivity contribution >= 4 is 0 Å². The summed E-state index contributed by atoms with van der Waals surface area (Å²) in [5.41, 5.74) is 5.73. The Morgan fingerprint density at radius 2 is 2.00 bits per heavy atom. The Morgan fingerprint density at radius 1 is 1.36 bits per heavy atom. The van der Waals surface area contributed by atoms with E-state index in [9.17, 15) is 0 Å². The molecule has 1 aromatic rings. The van der Waals surface area contributed by atoms with Gasteiger partial charge in [0.1, 0.15) is 11.5 Å². The Morgan fingerprint density at radius 3 is 2.29 bits per heavy atom. The van der Waals surface area contributed by atoms with Crippen molar-refractivity contribution in [1.29, 1.82) is 0 Å². The summed E-state index contributed by atoms with van der Waals surface area (Å²) < 4.78 is 10.9. The van der Waals surface area contributed by atoms with Crippen LogP contribution in [-0.2, 0) is 10.2 Å². The fraction of sp³-hybridized carbons (Fsp3) is 0.636. The number of ether oxygens (including phenoxy) is 1. The average molecular weight is 195 g/mol. The third-order valence-corrected chi connectivity index (χ3v) is 3.14. The van der Waals surface area contributed by atoms with Gasteiger partial charge in [0.25, 0.3) is 0 Å². The van der Waals surface area contributed by atoms with Crippen molar-refractivity contribution in [3.05, 3.63) is 23.7 Å². The predicted molar refractivity (Wildman–Crippen MR) is 54.2 cm³/mol. The number of aryl methyl sites for hydroxylation is 1. The van der Waals surface area contributed by atoms with Gasteiger partial charge in [0, 0.05) is 5.54 Å². The molecule has 0 unspecified atom stereocenters. The molecule has 0 atom stereocenters. The fourth-order valence-corrected chi connectivity index (χ4v) is 1.83. The van der Waals surface area contributed by atoms with Crippen LogP contribution in [0.15, 0.2) is 16.5 Å². The predicted octanol–water partition coefficient (Wildman–Crippen LogP) is 1.59. The highest BCUT2D eigenvalue weighted by molar-refractivity contribution is 5.26. The molecule has 1 aliphatic rings. The molecule has 0 aromatic carbocycles. The second kappa shape index (κ2) is 2.84. The molecule has 14 heavy (non-hydrogen) atoms. The quantitative estimate of drug-likeness (QED) is 0.779. The molecule has 3 nitrogen and oxygen atoms in total. The van der Waals surface area contributed by atoms with E-state index in [1.165, 1.54) is 0 Å². The van der Waals surface area contributed by atoms with Crippen LogP contribution >= 0.6 is 0 Å². The van der Waals surface area contributed by atoms with Gasteiger partial charge in [-0.1, -0.05) is 0 Å². The van der Waals surface area contributed by atoms with Crippen LogP contribution in [0.25, 0.3) is 0 Å². The second-order valence-corrected chi connectivity index (χ2v) is 4.71. The monoisotopic (exact) mass is 195 g/mol. The standard InChI is InChI=1S/C11H17NO2/c1-8-4-5-9(14-8)11(6-13-7-11)10(2,3)12/h4-5H,6-7,12H2,1-3H3. The highest BCUT2D eigenvalue weighted by Gasteiger charge is 2.52. The first-order valence-corrected chi connectivity index (χ1v) is 4.89. The Balaban J connectivity index is 2.38. The van der Waals surface area contributed by atoms with Crippen LogP contribution in [0.5, 0.6) is 0 Å². The average Bonchev–Trinajstić information content (AvgIpc) is 2.29. The van der Waals surface area contributed by atoms with E-state index in [0.29, 0.717) is 13.2 Å². The zero-order valence-corrected chi connectivity index (χ0v) is 8.96. The van der Waals surface area contributed by atoms with Crippen molar-refractivity contribution in [2.24, 2.45) is 5.73 Å². The van der Waals surface area contributed by atoms with E-state index in [-0.39, 0.29) is 11.0 Å². The normalized spacial score (nSPS) is 20.6. The van der Waals surface area contributed by atoms with Crippen LogP contribution in [0.4, 0.5) is 0 Å². The van der Waals surface area contributed by atoms with Crippen molar-refractivity contribution < 1.29 is 9.15 Å². The van der Waals surface area contributed by atoms with Crippen LogP contribution in [0, 0.1) is 6.92 Å². The Hall–Kier alpha value is -0.800. The highest BCUT2D eigenvalue weighted by atomic mass is 16.5. The van der Waals surface area contributed by atoms with Gasteiger partial charge in [-0.3, -0.25) is 0 Å². The van der Waals surface area contributed by atoms with Gasteiger partial charge in [-0.05, 0) is 32.9 Å². The molecule has 1 fully saturated rings. The van der Waals surface area contributed by atoms with Gasteiger partial charge in [0.15, 0.2) is 0 Å². The summed E-state index contributed by atoms with van der Waals surface area (Å²) in [5, 5.41) is 0. The van der Waals surface area contributed by atoms with E-state index in [0.717, 1.165) is 11.5 Å². The van der Waals surface area contributed by atoms with Gasteiger partial charge in [0.2, 0.25) is 0 Å². The molecular weight excluding hydrogens is 178 g/mol. The fourth-order valence-electron chi connectivity index (χ4n) is 1.83. The van der Waals surface area contributed by atoms with E-state index in [2.05, 4.69) is 0 Å². The van der Waals surface area contributed by atoms with E-state index in [4.69, 9.17) is 14.9 Å². The highest BCUT2D eigenvalue weighted by Crippen LogP contribution is 2.41. The lowest BCUT2D eigenvalue weighted by Crippen LogP contribution is -2.64. The van der Waals surface area contributed by atoms with Gasteiger partial charge in [-0.15, -0.1) is 0 Å². The maximum atomic E-state index is 6.18. The largest absolute Gasteiger partial charge is 0.466 e. The molecule has 0 saturated carbocycles. The molecule has 3 heteroatoms. The SMILES string of the molecule is Cc1ccc(C2(C(C)(C)N)COC2)o1. The molecule has 0 amide bonds. The van der Waals surface area contributed by atoms with Gasteiger partial charge in [-0.25, -0.2) is 0 Å². The van der Waals surface area contributed by atoms with Gasteiger partial charge >= 0.3 is 0 Å². The number of hydrogen-bond acceptors (Lipinski definition) is 3. The third kappa shape index (κ3) is 1.20. The molecule has 2 rings (SSSR count). The first-order chi connectivity index (χ1) is 6.46. The first kappa shape index (κ1) is 9.74. The second-order valence-electron chi connectivity index (χ2n) is 4.71. The smallest absolute Gasteiger partial charge is 0.116 e.